The van der Waals surface area contributed by atoms with Gasteiger partial charge in [-0.3, -0.25) is 0 Å². The van der Waals surface area contributed by atoms with Gasteiger partial charge in [0, 0.05) is 25.7 Å². The average Bonchev–Trinajstić information content (AvgIpc) is 0.763. The highest BCUT2D eigenvalue weighted by Crippen LogP contribution is 2.45. The predicted molar refractivity (Wildman–Crippen MR) is 419 cm³/mol. The second-order valence-electron chi connectivity index (χ2n) is 26.6. The van der Waals surface area contributed by atoms with Crippen molar-refractivity contribution in [3.05, 3.63) is 400 Å². The van der Waals surface area contributed by atoms with Crippen molar-refractivity contribution in [3.8, 4) is 47.3 Å². The molecule has 13 rings (SSSR count). The number of hydrogen-bond donors (Lipinski definition) is 0. The predicted octanol–water partition coefficient (Wildman–Crippen LogP) is 22.2. The Morgan fingerprint density at radius 2 is 0.433 bits per heavy atom. The summed E-state index contributed by atoms with van der Waals surface area (Å²) in [5.41, 5.74) is 21.9. The standard InChI is InChI=1S/C96H76N4O4/c1-65-25-33-69(34-26-65)41-89(57-97)77-45-81-53-83-47-78(90(58-98)42-70-35-27-66(2)28-36-70)49-85(94(83)102-62-74-19-11-6-12-20-74)55-87-51-80(92(60-100)44-72-39-31-68(4)32-40-72)52-88(96(87)104-64-76-23-15-8-16-24-76)56-86-50-79(91(59-99)43-71-37-29-67(3)30-38-71)48-84(95(86)103-63-75-21-13-7-14-22-75)54-82(46-77)93(81)101-61-73-17-9-5-10-18-73/h5-52H,53-56,61-64H2,1-4H3/b89-41+,90-42+,91-43+,92-44+. The normalized spacial score (nSPS) is 12.2. The Morgan fingerprint density at radius 3 is 0.596 bits per heavy atom. The van der Waals surface area contributed by atoms with E-state index in [4.69, 9.17) is 18.9 Å². The monoisotopic (exact) mass is 1350 g/mol. The van der Waals surface area contributed by atoms with Crippen molar-refractivity contribution in [1.82, 2.24) is 0 Å². The molecular formula is C96H76N4O4. The Balaban J connectivity index is 1.17. The Hall–Kier alpha value is -13.2. The Kier molecular flexibility index (Phi) is 21.9. The molecule has 8 heteroatoms. The molecule has 12 aromatic rings. The summed E-state index contributed by atoms with van der Waals surface area (Å²) in [6.07, 6.45) is 8.44. The Morgan fingerprint density at radius 1 is 0.260 bits per heavy atom. The van der Waals surface area contributed by atoms with Crippen molar-refractivity contribution < 1.29 is 18.9 Å². The first-order chi connectivity index (χ1) is 50.9. The van der Waals surface area contributed by atoms with Gasteiger partial charge in [0.15, 0.2) is 0 Å². The van der Waals surface area contributed by atoms with Gasteiger partial charge in [-0.15, -0.1) is 0 Å². The SMILES string of the molecule is Cc1ccc(/C=C(\C#N)c2cc3c(OCc4ccccc4)c(c2)Cc2cc(/C(C#N)=C/c4ccc(C)cc4)cc(c2OCc2ccccc2)Cc2cc(/C(C#N)=C/c4ccc(C)cc4)cc(c2OCc2ccccc2)Cc2cc(/C(C#N)=C/c4ccc(C)cc4)cc(c2OCc2ccccc2)C3)cc1. The van der Waals surface area contributed by atoms with Crippen LogP contribution in [0.15, 0.2) is 267 Å². The van der Waals surface area contributed by atoms with E-state index in [-0.39, 0.29) is 52.1 Å². The maximum absolute atomic E-state index is 11.6. The molecule has 8 bridgehead atoms. The van der Waals surface area contributed by atoms with Gasteiger partial charge in [-0.25, -0.2) is 0 Å². The molecule has 1 aliphatic rings. The summed E-state index contributed by atoms with van der Waals surface area (Å²) in [6, 6.07) is 99.9. The molecule has 0 spiro atoms. The fourth-order valence-corrected chi connectivity index (χ4v) is 13.2. The summed E-state index contributed by atoms with van der Waals surface area (Å²) in [5.74, 6) is 2.34. The fraction of sp³-hybridized carbons (Fsp3) is 0.125. The second-order valence-corrected chi connectivity index (χ2v) is 26.6. The highest BCUT2D eigenvalue weighted by Gasteiger charge is 2.27. The maximum Gasteiger partial charge on any atom is 0.126 e. The first-order valence-electron chi connectivity index (χ1n) is 35.0. The molecule has 0 aromatic heterocycles. The zero-order valence-electron chi connectivity index (χ0n) is 58.8. The topological polar surface area (TPSA) is 132 Å². The van der Waals surface area contributed by atoms with Crippen molar-refractivity contribution in [1.29, 1.82) is 21.0 Å². The van der Waals surface area contributed by atoms with Crippen molar-refractivity contribution in [2.75, 3.05) is 0 Å². The lowest BCUT2D eigenvalue weighted by atomic mass is 9.86. The van der Waals surface area contributed by atoms with Gasteiger partial charge in [0.25, 0.3) is 0 Å². The summed E-state index contributed by atoms with van der Waals surface area (Å²) in [4.78, 5) is 0. The first kappa shape index (κ1) is 69.2. The van der Waals surface area contributed by atoms with E-state index >= 15 is 0 Å². The van der Waals surface area contributed by atoms with E-state index in [1.165, 1.54) is 0 Å². The smallest absolute Gasteiger partial charge is 0.126 e. The van der Waals surface area contributed by atoms with Crippen molar-refractivity contribution >= 4 is 46.6 Å². The lowest BCUT2D eigenvalue weighted by molar-refractivity contribution is 0.293. The third-order valence-corrected chi connectivity index (χ3v) is 18.7. The van der Waals surface area contributed by atoms with E-state index in [9.17, 15) is 21.0 Å². The lowest BCUT2D eigenvalue weighted by Crippen LogP contribution is -2.11. The van der Waals surface area contributed by atoms with Gasteiger partial charge in [0.05, 0.1) is 46.6 Å². The molecule has 8 nitrogen and oxygen atoms in total. The third-order valence-electron chi connectivity index (χ3n) is 18.7. The molecule has 0 saturated heterocycles. The van der Waals surface area contributed by atoms with Crippen LogP contribution in [-0.4, -0.2) is 0 Å². The van der Waals surface area contributed by atoms with Gasteiger partial charge >= 0.3 is 0 Å². The van der Waals surface area contributed by atoms with Crippen molar-refractivity contribution in [3.63, 3.8) is 0 Å². The Labute approximate surface area is 610 Å². The molecule has 0 radical (unpaired) electrons. The average molecular weight is 1350 g/mol. The highest BCUT2D eigenvalue weighted by molar-refractivity contribution is 5.94. The number of benzene rings is 12. The van der Waals surface area contributed by atoms with E-state index in [1.807, 2.05) is 270 Å². The van der Waals surface area contributed by atoms with E-state index in [2.05, 4.69) is 72.8 Å². The van der Waals surface area contributed by atoms with Crippen LogP contribution in [0, 0.1) is 73.0 Å². The summed E-state index contributed by atoms with van der Waals surface area (Å²) in [7, 11) is 0. The van der Waals surface area contributed by atoms with E-state index in [1.54, 1.807) is 0 Å². The van der Waals surface area contributed by atoms with Gasteiger partial charge < -0.3 is 18.9 Å². The fourth-order valence-electron chi connectivity index (χ4n) is 13.2. The minimum absolute atomic E-state index is 0.184. The quantitative estimate of drug-likeness (QED) is 0.0544. The molecule has 1 aliphatic carbocycles. The molecule has 0 amide bonds. The van der Waals surface area contributed by atoms with Gasteiger partial charge in [-0.1, -0.05) is 241 Å². The molecule has 0 unspecified atom stereocenters. The number of aryl methyl sites for hydroxylation is 4. The number of allylic oxidation sites excluding steroid dienone is 4. The molecule has 0 aliphatic heterocycles. The zero-order valence-corrected chi connectivity index (χ0v) is 58.8. The van der Waals surface area contributed by atoms with Gasteiger partial charge in [0.1, 0.15) is 49.4 Å². The van der Waals surface area contributed by atoms with Crippen LogP contribution in [0.5, 0.6) is 23.0 Å². The molecule has 0 N–H and O–H groups in total. The second kappa shape index (κ2) is 32.8. The van der Waals surface area contributed by atoms with Crippen LogP contribution < -0.4 is 18.9 Å². The van der Waals surface area contributed by atoms with Crippen LogP contribution in [0.4, 0.5) is 0 Å². The molecular weight excluding hydrogens is 1270 g/mol. The summed E-state index contributed by atoms with van der Waals surface area (Å²) in [5, 5.41) is 46.2. The number of fused-ring (bicyclic) bond motifs is 8. The molecule has 0 atom stereocenters. The molecule has 0 fully saturated rings. The van der Waals surface area contributed by atoms with Gasteiger partial charge in [-0.05, 0) is 212 Å². The highest BCUT2D eigenvalue weighted by atomic mass is 16.5. The van der Waals surface area contributed by atoms with Crippen LogP contribution in [-0.2, 0) is 52.1 Å². The van der Waals surface area contributed by atoms with Crippen LogP contribution in [0.2, 0.25) is 0 Å². The molecule has 0 saturated carbocycles. The van der Waals surface area contributed by atoms with Crippen LogP contribution in [0.25, 0.3) is 46.6 Å². The number of rotatable bonds is 20. The molecule has 0 heterocycles. The first-order valence-corrected chi connectivity index (χ1v) is 35.0. The molecule has 12 aromatic carbocycles. The minimum Gasteiger partial charge on any atom is -0.488 e. The number of ether oxygens (including phenoxy) is 4. The maximum atomic E-state index is 11.6. The van der Waals surface area contributed by atoms with Crippen molar-refractivity contribution in [2.24, 2.45) is 0 Å². The summed E-state index contributed by atoms with van der Waals surface area (Å²) >= 11 is 0. The minimum atomic E-state index is 0.184. The van der Waals surface area contributed by atoms with Gasteiger partial charge in [-0.2, -0.15) is 21.0 Å². The van der Waals surface area contributed by atoms with Gasteiger partial charge in [0.2, 0.25) is 0 Å². The summed E-state index contributed by atoms with van der Waals surface area (Å²) in [6.45, 7) is 8.95. The number of nitrogens with zero attached hydrogens (tertiary/aromatic N) is 4. The van der Waals surface area contributed by atoms with Crippen LogP contribution in [0.1, 0.15) is 134 Å². The van der Waals surface area contributed by atoms with Crippen molar-refractivity contribution in [2.45, 2.75) is 79.8 Å². The largest absolute Gasteiger partial charge is 0.488 e. The Bertz CT molecular complexity index is 4620. The van der Waals surface area contributed by atoms with Crippen LogP contribution >= 0.6 is 0 Å². The van der Waals surface area contributed by atoms with E-state index in [0.717, 1.165) is 111 Å². The van der Waals surface area contributed by atoms with Crippen LogP contribution in [0.3, 0.4) is 0 Å². The number of hydrogen-bond acceptors (Lipinski definition) is 8. The number of nitriles is 4. The summed E-state index contributed by atoms with van der Waals surface area (Å²) < 4.78 is 29.6. The third kappa shape index (κ3) is 17.3. The zero-order chi connectivity index (χ0) is 71.7. The molecule has 104 heavy (non-hydrogen) atoms. The van der Waals surface area contributed by atoms with E-state index < -0.39 is 0 Å². The van der Waals surface area contributed by atoms with E-state index in [0.29, 0.717) is 67.5 Å². The molecule has 504 valence electrons. The lowest BCUT2D eigenvalue weighted by Gasteiger charge is -2.25.